The van der Waals surface area contributed by atoms with Crippen molar-refractivity contribution in [3.63, 3.8) is 0 Å². The van der Waals surface area contributed by atoms with E-state index in [9.17, 15) is 9.59 Å². The number of benzene rings is 4. The van der Waals surface area contributed by atoms with Gasteiger partial charge in [-0.15, -0.1) is 0 Å². The first-order valence-electron chi connectivity index (χ1n) is 10.2. The maximum absolute atomic E-state index is 13.7. The average molecular weight is 402 g/mol. The fourth-order valence-corrected chi connectivity index (χ4v) is 4.59. The first kappa shape index (κ1) is 17.7. The van der Waals surface area contributed by atoms with Crippen LogP contribution in [0.1, 0.15) is 5.69 Å². The van der Waals surface area contributed by atoms with E-state index in [1.54, 1.807) is 18.3 Å². The van der Waals surface area contributed by atoms with Crippen molar-refractivity contribution >= 4 is 43.4 Å². The predicted molar refractivity (Wildman–Crippen MR) is 128 cm³/mol. The smallest absolute Gasteiger partial charge is 0.196 e. The molecular weight excluding hydrogens is 384 g/mol. The van der Waals surface area contributed by atoms with Gasteiger partial charge in [-0.2, -0.15) is 0 Å². The van der Waals surface area contributed by atoms with E-state index >= 15 is 0 Å². The van der Waals surface area contributed by atoms with E-state index in [4.69, 9.17) is 0 Å². The molecule has 0 amide bonds. The summed E-state index contributed by atoms with van der Waals surface area (Å²) in [6, 6.07) is 23.0. The molecule has 2 N–H and O–H groups in total. The zero-order chi connectivity index (χ0) is 21.1. The molecule has 4 aromatic carbocycles. The minimum absolute atomic E-state index is 0.0204. The molecule has 0 fully saturated rings. The number of H-pyrrole nitrogens is 2. The topological polar surface area (TPSA) is 65.7 Å². The van der Waals surface area contributed by atoms with E-state index in [1.807, 2.05) is 67.6 Å². The first-order valence-corrected chi connectivity index (χ1v) is 10.2. The molecule has 148 valence electrons. The molecule has 2 aromatic heterocycles. The zero-order valence-electron chi connectivity index (χ0n) is 16.8. The quantitative estimate of drug-likeness (QED) is 0.349. The highest BCUT2D eigenvalue weighted by Crippen LogP contribution is 2.31. The van der Waals surface area contributed by atoms with Gasteiger partial charge >= 0.3 is 0 Å². The number of rotatable bonds is 1. The molecule has 4 heteroatoms. The Labute approximate surface area is 176 Å². The van der Waals surface area contributed by atoms with Crippen molar-refractivity contribution in [1.82, 2.24) is 9.97 Å². The number of aromatic nitrogens is 2. The lowest BCUT2D eigenvalue weighted by Crippen LogP contribution is -2.07. The number of aryl methyl sites for hydroxylation is 1. The second-order valence-corrected chi connectivity index (χ2v) is 7.95. The Balaban J connectivity index is 1.75. The molecule has 0 radical (unpaired) electrons. The summed E-state index contributed by atoms with van der Waals surface area (Å²) in [5.74, 6) is 0. The minimum atomic E-state index is -0.0339. The fourth-order valence-electron chi connectivity index (χ4n) is 4.59. The van der Waals surface area contributed by atoms with Crippen LogP contribution in [-0.2, 0) is 0 Å². The van der Waals surface area contributed by atoms with Gasteiger partial charge in [0.1, 0.15) is 0 Å². The van der Waals surface area contributed by atoms with Gasteiger partial charge in [-0.05, 0) is 52.9 Å². The van der Waals surface area contributed by atoms with Gasteiger partial charge in [-0.3, -0.25) is 9.59 Å². The van der Waals surface area contributed by atoms with Gasteiger partial charge in [0.15, 0.2) is 10.9 Å². The Morgan fingerprint density at radius 2 is 1.39 bits per heavy atom. The van der Waals surface area contributed by atoms with E-state index in [-0.39, 0.29) is 10.9 Å². The van der Waals surface area contributed by atoms with Crippen molar-refractivity contribution in [3.8, 4) is 11.1 Å². The molecule has 0 aliphatic carbocycles. The first-order chi connectivity index (χ1) is 15.1. The van der Waals surface area contributed by atoms with Crippen LogP contribution in [0.3, 0.4) is 0 Å². The third-order valence-corrected chi connectivity index (χ3v) is 6.07. The molecule has 0 spiro atoms. The van der Waals surface area contributed by atoms with Crippen molar-refractivity contribution in [2.45, 2.75) is 6.92 Å². The number of hydrogen-bond acceptors (Lipinski definition) is 2. The van der Waals surface area contributed by atoms with Gasteiger partial charge in [0.25, 0.3) is 0 Å². The van der Waals surface area contributed by atoms with Crippen LogP contribution < -0.4 is 10.9 Å². The predicted octanol–water partition coefficient (Wildman–Crippen LogP) is 5.65. The van der Waals surface area contributed by atoms with Crippen LogP contribution in [0.25, 0.3) is 54.5 Å². The van der Waals surface area contributed by atoms with Crippen molar-refractivity contribution in [3.05, 3.63) is 105 Å². The highest BCUT2D eigenvalue weighted by Gasteiger charge is 2.14. The summed E-state index contributed by atoms with van der Waals surface area (Å²) >= 11 is 0. The van der Waals surface area contributed by atoms with E-state index < -0.39 is 0 Å². The molecule has 6 aromatic rings. The Bertz CT molecular complexity index is 1790. The highest BCUT2D eigenvalue weighted by atomic mass is 16.1. The SMILES string of the molecule is Cc1ccc2ccc3ccc(-c4cc[nH]c5c4ccc4cccc(=O)c45)c(=O)c3c2[nH]1. The summed E-state index contributed by atoms with van der Waals surface area (Å²) in [7, 11) is 0. The molecule has 4 nitrogen and oxygen atoms in total. The normalized spacial score (nSPS) is 11.6. The van der Waals surface area contributed by atoms with Crippen LogP contribution in [0.4, 0.5) is 0 Å². The van der Waals surface area contributed by atoms with Gasteiger partial charge in [0.2, 0.25) is 0 Å². The van der Waals surface area contributed by atoms with Gasteiger partial charge in [-0.1, -0.05) is 48.5 Å². The Hall–Kier alpha value is -4.18. The van der Waals surface area contributed by atoms with E-state index in [2.05, 4.69) is 9.97 Å². The third kappa shape index (κ3) is 2.55. The van der Waals surface area contributed by atoms with Crippen molar-refractivity contribution in [1.29, 1.82) is 0 Å². The number of pyridine rings is 2. The fraction of sp³-hybridized carbons (Fsp3) is 0.0370. The number of hydrogen-bond donors (Lipinski definition) is 2. The molecule has 0 atom stereocenters. The molecule has 0 aliphatic heterocycles. The molecule has 0 saturated heterocycles. The lowest BCUT2D eigenvalue weighted by molar-refractivity contribution is 1.26. The largest absolute Gasteiger partial charge is 0.361 e. The van der Waals surface area contributed by atoms with E-state index in [1.165, 1.54) is 0 Å². The molecule has 0 bridgehead atoms. The zero-order valence-corrected chi connectivity index (χ0v) is 16.8. The number of aromatic amines is 2. The van der Waals surface area contributed by atoms with Crippen LogP contribution in [0.15, 0.2) is 88.6 Å². The maximum Gasteiger partial charge on any atom is 0.196 e. The number of fused-ring (bicyclic) bond motifs is 6. The highest BCUT2D eigenvalue weighted by molar-refractivity contribution is 6.11. The lowest BCUT2D eigenvalue weighted by Gasteiger charge is -2.11. The van der Waals surface area contributed by atoms with Crippen LogP contribution in [0, 0.1) is 6.92 Å². The van der Waals surface area contributed by atoms with Crippen molar-refractivity contribution < 1.29 is 0 Å². The summed E-state index contributed by atoms with van der Waals surface area (Å²) in [5.41, 5.74) is 3.98. The van der Waals surface area contributed by atoms with Crippen LogP contribution in [0.2, 0.25) is 0 Å². The minimum Gasteiger partial charge on any atom is -0.361 e. The lowest BCUT2D eigenvalue weighted by atomic mass is 9.95. The second kappa shape index (κ2) is 6.41. The summed E-state index contributed by atoms with van der Waals surface area (Å²) in [6.07, 6.45) is 1.80. The summed E-state index contributed by atoms with van der Waals surface area (Å²) in [6.45, 7) is 1.98. The van der Waals surface area contributed by atoms with Gasteiger partial charge in [0.05, 0.1) is 21.8 Å². The molecule has 0 aliphatic rings. The summed E-state index contributed by atoms with van der Waals surface area (Å²) < 4.78 is 0. The molecule has 0 unspecified atom stereocenters. The van der Waals surface area contributed by atoms with Gasteiger partial charge in [0, 0.05) is 22.8 Å². The Kier molecular flexibility index (Phi) is 3.65. The molecule has 0 saturated carbocycles. The monoisotopic (exact) mass is 402 g/mol. The maximum atomic E-state index is 13.7. The van der Waals surface area contributed by atoms with Crippen molar-refractivity contribution in [2.75, 3.05) is 0 Å². The molecular formula is C27H18N2O2. The van der Waals surface area contributed by atoms with E-state index in [0.29, 0.717) is 16.3 Å². The van der Waals surface area contributed by atoms with Crippen LogP contribution >= 0.6 is 0 Å². The summed E-state index contributed by atoms with van der Waals surface area (Å²) in [5, 5.41) is 4.97. The number of nitrogens with one attached hydrogen (secondary N) is 2. The molecule has 31 heavy (non-hydrogen) atoms. The van der Waals surface area contributed by atoms with Crippen molar-refractivity contribution in [2.24, 2.45) is 0 Å². The van der Waals surface area contributed by atoms with Crippen LogP contribution in [-0.4, -0.2) is 9.97 Å². The third-order valence-electron chi connectivity index (χ3n) is 6.07. The Morgan fingerprint density at radius 1 is 0.645 bits per heavy atom. The van der Waals surface area contributed by atoms with Crippen LogP contribution in [0.5, 0.6) is 0 Å². The van der Waals surface area contributed by atoms with E-state index in [0.717, 1.165) is 43.8 Å². The summed E-state index contributed by atoms with van der Waals surface area (Å²) in [4.78, 5) is 32.9. The molecule has 2 heterocycles. The van der Waals surface area contributed by atoms with Gasteiger partial charge < -0.3 is 9.97 Å². The standard InChI is InChI=1S/C27H18N2O2/c1-15-5-6-18-8-7-17-10-12-21(27(31)24(17)25(18)29-15)19-13-14-28-26-20(19)11-9-16-3-2-4-22(30)23(16)26/h2-14,28-29H,1H3. The molecule has 6 rings (SSSR count). The average Bonchev–Trinajstić information content (AvgIpc) is 2.78. The Morgan fingerprint density at radius 3 is 2.29 bits per heavy atom. The van der Waals surface area contributed by atoms with Gasteiger partial charge in [-0.25, -0.2) is 0 Å². The second-order valence-electron chi connectivity index (χ2n) is 7.95.